The van der Waals surface area contributed by atoms with Gasteiger partial charge in [0.25, 0.3) is 5.91 Å². The maximum Gasteiger partial charge on any atom is 0.261 e. The van der Waals surface area contributed by atoms with Crippen LogP contribution in [0, 0.1) is 6.92 Å². The first-order valence-electron chi connectivity index (χ1n) is 7.68. The molecule has 0 bridgehead atoms. The summed E-state index contributed by atoms with van der Waals surface area (Å²) < 4.78 is 5.80. The van der Waals surface area contributed by atoms with E-state index in [2.05, 4.69) is 18.3 Å². The molecule has 0 heterocycles. The van der Waals surface area contributed by atoms with Crippen molar-refractivity contribution in [2.45, 2.75) is 39.8 Å². The second-order valence-corrected chi connectivity index (χ2v) is 5.43. The van der Waals surface area contributed by atoms with Gasteiger partial charge in [0.1, 0.15) is 5.75 Å². The van der Waals surface area contributed by atoms with Gasteiger partial charge in [-0.05, 0) is 37.5 Å². The molecule has 0 aliphatic carbocycles. The van der Waals surface area contributed by atoms with E-state index in [1.807, 2.05) is 49.4 Å². The lowest BCUT2D eigenvalue weighted by molar-refractivity contribution is -0.127. The molecule has 1 N–H and O–H groups in total. The highest BCUT2D eigenvalue weighted by Gasteiger charge is 2.15. The Morgan fingerprint density at radius 2 is 1.95 bits per heavy atom. The Morgan fingerprint density at radius 1 is 1.18 bits per heavy atom. The van der Waals surface area contributed by atoms with Crippen molar-refractivity contribution in [2.75, 3.05) is 0 Å². The Morgan fingerprint density at radius 3 is 2.68 bits per heavy atom. The van der Waals surface area contributed by atoms with Crippen LogP contribution in [0.25, 0.3) is 0 Å². The van der Waals surface area contributed by atoms with Crippen molar-refractivity contribution in [3.63, 3.8) is 0 Å². The molecule has 0 unspecified atom stereocenters. The number of carbonyl (C=O) groups excluding carboxylic acids is 1. The van der Waals surface area contributed by atoms with Gasteiger partial charge in [-0.25, -0.2) is 0 Å². The van der Waals surface area contributed by atoms with E-state index in [1.165, 1.54) is 5.56 Å². The summed E-state index contributed by atoms with van der Waals surface area (Å²) in [5.41, 5.74) is 3.39. The summed E-state index contributed by atoms with van der Waals surface area (Å²) in [6, 6.07) is 15.9. The smallest absolute Gasteiger partial charge is 0.261 e. The summed E-state index contributed by atoms with van der Waals surface area (Å²) in [6.07, 6.45) is 0.367. The van der Waals surface area contributed by atoms with E-state index in [4.69, 9.17) is 4.74 Å². The molecule has 0 saturated carbocycles. The van der Waals surface area contributed by atoms with Crippen LogP contribution in [-0.2, 0) is 17.8 Å². The van der Waals surface area contributed by atoms with Crippen molar-refractivity contribution in [3.8, 4) is 5.75 Å². The van der Waals surface area contributed by atoms with Gasteiger partial charge >= 0.3 is 0 Å². The van der Waals surface area contributed by atoms with Crippen molar-refractivity contribution in [2.24, 2.45) is 0 Å². The molecule has 0 aliphatic heterocycles. The van der Waals surface area contributed by atoms with Crippen molar-refractivity contribution >= 4 is 5.91 Å². The Hall–Kier alpha value is -2.29. The zero-order valence-corrected chi connectivity index (χ0v) is 13.4. The third-order valence-corrected chi connectivity index (χ3v) is 3.58. The molecule has 0 aliphatic rings. The van der Waals surface area contributed by atoms with Gasteiger partial charge in [0.05, 0.1) is 0 Å². The summed E-state index contributed by atoms with van der Waals surface area (Å²) in [7, 11) is 0. The highest BCUT2D eigenvalue weighted by Crippen LogP contribution is 2.19. The van der Waals surface area contributed by atoms with Gasteiger partial charge in [-0.15, -0.1) is 0 Å². The maximum absolute atomic E-state index is 12.2. The third-order valence-electron chi connectivity index (χ3n) is 3.58. The Kier molecular flexibility index (Phi) is 5.59. The molecule has 0 aromatic heterocycles. The topological polar surface area (TPSA) is 38.3 Å². The van der Waals surface area contributed by atoms with Crippen molar-refractivity contribution in [1.29, 1.82) is 0 Å². The number of hydrogen-bond acceptors (Lipinski definition) is 2. The van der Waals surface area contributed by atoms with Gasteiger partial charge in [-0.2, -0.15) is 0 Å². The van der Waals surface area contributed by atoms with Crippen LogP contribution < -0.4 is 10.1 Å². The lowest BCUT2D eigenvalue weighted by Gasteiger charge is -2.17. The van der Waals surface area contributed by atoms with E-state index >= 15 is 0 Å². The van der Waals surface area contributed by atoms with Crippen LogP contribution in [-0.4, -0.2) is 12.0 Å². The molecule has 116 valence electrons. The third kappa shape index (κ3) is 4.35. The van der Waals surface area contributed by atoms with Crippen LogP contribution in [0.3, 0.4) is 0 Å². The monoisotopic (exact) mass is 297 g/mol. The molecular weight excluding hydrogens is 274 g/mol. The molecule has 2 rings (SSSR count). The first kappa shape index (κ1) is 16.1. The summed E-state index contributed by atoms with van der Waals surface area (Å²) in [5.74, 6) is 0.676. The fourth-order valence-electron chi connectivity index (χ4n) is 2.31. The van der Waals surface area contributed by atoms with E-state index in [0.29, 0.717) is 6.54 Å². The Bertz CT molecular complexity index is 637. The molecule has 22 heavy (non-hydrogen) atoms. The van der Waals surface area contributed by atoms with Crippen LogP contribution in [0.2, 0.25) is 0 Å². The van der Waals surface area contributed by atoms with E-state index in [9.17, 15) is 4.79 Å². The minimum Gasteiger partial charge on any atom is -0.481 e. The number of hydrogen-bond donors (Lipinski definition) is 1. The number of ether oxygens (including phenoxy) is 1. The van der Waals surface area contributed by atoms with Crippen LogP contribution in [0.1, 0.15) is 30.5 Å². The van der Waals surface area contributed by atoms with Gasteiger partial charge < -0.3 is 10.1 Å². The molecule has 0 spiro atoms. The molecule has 0 fully saturated rings. The number of benzene rings is 2. The predicted molar refractivity (Wildman–Crippen MR) is 88.9 cm³/mol. The summed E-state index contributed by atoms with van der Waals surface area (Å²) >= 11 is 0. The van der Waals surface area contributed by atoms with E-state index in [0.717, 1.165) is 23.3 Å². The summed E-state index contributed by atoms with van der Waals surface area (Å²) in [6.45, 7) is 6.41. The SMILES string of the molecule is CCc1ccccc1O[C@@H](C)C(=O)NCc1cccc(C)c1. The minimum absolute atomic E-state index is 0.104. The van der Waals surface area contributed by atoms with Gasteiger partial charge in [0.2, 0.25) is 0 Å². The fraction of sp³-hybridized carbons (Fsp3) is 0.316. The second kappa shape index (κ2) is 7.64. The van der Waals surface area contributed by atoms with E-state index < -0.39 is 6.10 Å². The van der Waals surface area contributed by atoms with E-state index in [1.54, 1.807) is 6.92 Å². The summed E-state index contributed by atoms with van der Waals surface area (Å²) in [4.78, 5) is 12.2. The molecule has 2 aromatic carbocycles. The largest absolute Gasteiger partial charge is 0.481 e. The highest BCUT2D eigenvalue weighted by atomic mass is 16.5. The van der Waals surface area contributed by atoms with Gasteiger partial charge in [-0.3, -0.25) is 4.79 Å². The lowest BCUT2D eigenvalue weighted by Crippen LogP contribution is -2.36. The van der Waals surface area contributed by atoms with Gasteiger partial charge in [0, 0.05) is 6.54 Å². The number of nitrogens with one attached hydrogen (secondary N) is 1. The molecule has 1 amide bonds. The van der Waals surface area contributed by atoms with Crippen molar-refractivity contribution in [1.82, 2.24) is 5.32 Å². The Balaban J connectivity index is 1.92. The number of para-hydroxylation sites is 1. The molecular formula is C19H23NO2. The molecule has 1 atom stereocenters. The van der Waals surface area contributed by atoms with Crippen LogP contribution in [0.15, 0.2) is 48.5 Å². The first-order valence-corrected chi connectivity index (χ1v) is 7.68. The molecule has 0 saturated heterocycles. The number of aryl methyl sites for hydroxylation is 2. The molecule has 3 nitrogen and oxygen atoms in total. The molecule has 0 radical (unpaired) electrons. The lowest BCUT2D eigenvalue weighted by atomic mass is 10.1. The zero-order valence-electron chi connectivity index (χ0n) is 13.4. The number of rotatable bonds is 6. The van der Waals surface area contributed by atoms with Crippen LogP contribution in [0.4, 0.5) is 0 Å². The Labute approximate surface area is 132 Å². The van der Waals surface area contributed by atoms with Crippen molar-refractivity contribution in [3.05, 3.63) is 65.2 Å². The van der Waals surface area contributed by atoms with Gasteiger partial charge in [0.15, 0.2) is 6.10 Å². The zero-order chi connectivity index (χ0) is 15.9. The van der Waals surface area contributed by atoms with E-state index in [-0.39, 0.29) is 5.91 Å². The average molecular weight is 297 g/mol. The maximum atomic E-state index is 12.2. The molecule has 3 heteroatoms. The first-order chi connectivity index (χ1) is 10.6. The number of carbonyl (C=O) groups is 1. The molecule has 2 aromatic rings. The summed E-state index contributed by atoms with van der Waals surface area (Å²) in [5, 5.41) is 2.92. The fourth-order valence-corrected chi connectivity index (χ4v) is 2.31. The highest BCUT2D eigenvalue weighted by molar-refractivity contribution is 5.80. The predicted octanol–water partition coefficient (Wildman–Crippen LogP) is 3.64. The standard InChI is InChI=1S/C19H23NO2/c1-4-17-10-5-6-11-18(17)22-15(3)19(21)20-13-16-9-7-8-14(2)12-16/h5-12,15H,4,13H2,1-3H3,(H,20,21)/t15-/m0/s1. The van der Waals surface area contributed by atoms with Crippen LogP contribution >= 0.6 is 0 Å². The number of amides is 1. The normalized spacial score (nSPS) is 11.8. The average Bonchev–Trinajstić information content (AvgIpc) is 2.53. The minimum atomic E-state index is -0.516. The van der Waals surface area contributed by atoms with Crippen LogP contribution in [0.5, 0.6) is 5.75 Å². The second-order valence-electron chi connectivity index (χ2n) is 5.43. The quantitative estimate of drug-likeness (QED) is 0.884. The van der Waals surface area contributed by atoms with Gasteiger partial charge in [-0.1, -0.05) is 55.0 Å². The van der Waals surface area contributed by atoms with Crippen molar-refractivity contribution < 1.29 is 9.53 Å².